The van der Waals surface area contributed by atoms with E-state index in [0.717, 1.165) is 5.75 Å². The van der Waals surface area contributed by atoms with E-state index < -0.39 is 9.84 Å². The normalized spacial score (nSPS) is 20.0. The van der Waals surface area contributed by atoms with E-state index in [1.807, 2.05) is 0 Å². The monoisotopic (exact) mass is 380 g/mol. The second kappa shape index (κ2) is 7.11. The molecule has 2 aromatic rings. The molecule has 5 nitrogen and oxygen atoms in total. The van der Waals surface area contributed by atoms with Crippen LogP contribution < -0.4 is 0 Å². The minimum Gasteiger partial charge on any atom is -0.416 e. The van der Waals surface area contributed by atoms with Crippen LogP contribution >= 0.6 is 11.8 Å². The van der Waals surface area contributed by atoms with Crippen LogP contribution in [0.15, 0.2) is 33.9 Å². The lowest BCUT2D eigenvalue weighted by atomic mass is 9.87. The first-order chi connectivity index (χ1) is 11.7. The lowest BCUT2D eigenvalue weighted by Crippen LogP contribution is -2.10. The van der Waals surface area contributed by atoms with E-state index in [2.05, 4.69) is 55.2 Å². The highest BCUT2D eigenvalue weighted by Crippen LogP contribution is 2.27. The van der Waals surface area contributed by atoms with Gasteiger partial charge >= 0.3 is 0 Å². The summed E-state index contributed by atoms with van der Waals surface area (Å²) >= 11 is 1.51. The Morgan fingerprint density at radius 1 is 1.20 bits per heavy atom. The van der Waals surface area contributed by atoms with Gasteiger partial charge in [0.25, 0.3) is 5.22 Å². The van der Waals surface area contributed by atoms with Crippen molar-refractivity contribution in [2.24, 2.45) is 5.92 Å². The molecule has 1 saturated heterocycles. The van der Waals surface area contributed by atoms with E-state index in [-0.39, 0.29) is 22.8 Å². The van der Waals surface area contributed by atoms with Crippen LogP contribution in [0, 0.1) is 5.92 Å². The summed E-state index contributed by atoms with van der Waals surface area (Å²) in [7, 11) is -2.86. The second-order valence-corrected chi connectivity index (χ2v) is 10.8. The summed E-state index contributed by atoms with van der Waals surface area (Å²) in [5.41, 5.74) is 2.67. The topological polar surface area (TPSA) is 73.1 Å². The van der Waals surface area contributed by atoms with Gasteiger partial charge in [-0.05, 0) is 28.9 Å². The first-order valence-electron chi connectivity index (χ1n) is 8.46. The molecule has 0 saturated carbocycles. The van der Waals surface area contributed by atoms with E-state index in [1.54, 1.807) is 0 Å². The fraction of sp³-hybridized carbons (Fsp3) is 0.556. The molecule has 136 valence electrons. The molecular weight excluding hydrogens is 356 g/mol. The highest BCUT2D eigenvalue weighted by Gasteiger charge is 2.29. The van der Waals surface area contributed by atoms with Crippen LogP contribution in [-0.2, 0) is 27.4 Å². The number of sulfone groups is 1. The van der Waals surface area contributed by atoms with E-state index in [0.29, 0.717) is 24.0 Å². The van der Waals surface area contributed by atoms with E-state index in [4.69, 9.17) is 4.42 Å². The maximum absolute atomic E-state index is 11.5. The average Bonchev–Trinajstić information content (AvgIpc) is 3.11. The van der Waals surface area contributed by atoms with Gasteiger partial charge in [0.1, 0.15) is 0 Å². The van der Waals surface area contributed by atoms with Crippen LogP contribution in [-0.4, -0.2) is 30.1 Å². The summed E-state index contributed by atoms with van der Waals surface area (Å²) in [6, 6.07) is 8.59. The molecule has 7 heteroatoms. The summed E-state index contributed by atoms with van der Waals surface area (Å²) in [5.74, 6) is 1.92. The minimum atomic E-state index is -2.86. The van der Waals surface area contributed by atoms with Gasteiger partial charge in [0.05, 0.1) is 11.5 Å². The Kier molecular flexibility index (Phi) is 5.25. The molecule has 1 aliphatic rings. The molecule has 0 spiro atoms. The molecule has 1 atom stereocenters. The van der Waals surface area contributed by atoms with Crippen molar-refractivity contribution in [2.75, 3.05) is 11.5 Å². The number of thioether (sulfide) groups is 1. The highest BCUT2D eigenvalue weighted by atomic mass is 32.2. The fourth-order valence-corrected chi connectivity index (χ4v) is 5.50. The van der Waals surface area contributed by atoms with Crippen molar-refractivity contribution in [3.05, 3.63) is 41.3 Å². The van der Waals surface area contributed by atoms with Crippen LogP contribution in [0.3, 0.4) is 0 Å². The molecule has 0 N–H and O–H groups in total. The van der Waals surface area contributed by atoms with Crippen molar-refractivity contribution < 1.29 is 12.8 Å². The Bertz CT molecular complexity index is 821. The molecular formula is C18H24N2O3S2. The molecule has 0 amide bonds. The summed E-state index contributed by atoms with van der Waals surface area (Å²) in [5, 5.41) is 8.65. The maximum Gasteiger partial charge on any atom is 0.276 e. The van der Waals surface area contributed by atoms with Crippen LogP contribution in [0.2, 0.25) is 0 Å². The van der Waals surface area contributed by atoms with Gasteiger partial charge in [-0.3, -0.25) is 0 Å². The molecule has 1 aromatic carbocycles. The van der Waals surface area contributed by atoms with E-state index in [1.165, 1.54) is 22.9 Å². The molecule has 2 heterocycles. The lowest BCUT2D eigenvalue weighted by Gasteiger charge is -2.19. The third-order valence-corrected chi connectivity index (χ3v) is 7.15. The fourth-order valence-electron chi connectivity index (χ4n) is 2.91. The number of aromatic nitrogens is 2. The van der Waals surface area contributed by atoms with Gasteiger partial charge in [0, 0.05) is 12.2 Å². The van der Waals surface area contributed by atoms with Gasteiger partial charge in [-0.15, -0.1) is 10.2 Å². The van der Waals surface area contributed by atoms with Crippen molar-refractivity contribution in [2.45, 2.75) is 50.0 Å². The average molecular weight is 381 g/mol. The first-order valence-corrected chi connectivity index (χ1v) is 11.3. The summed E-state index contributed by atoms with van der Waals surface area (Å²) in [4.78, 5) is 0. The molecule has 1 aliphatic heterocycles. The smallest absolute Gasteiger partial charge is 0.276 e. The zero-order valence-corrected chi connectivity index (χ0v) is 16.5. The predicted molar refractivity (Wildman–Crippen MR) is 99.5 cm³/mol. The van der Waals surface area contributed by atoms with Crippen molar-refractivity contribution in [3.63, 3.8) is 0 Å². The minimum absolute atomic E-state index is 0.105. The standard InChI is InChI=1S/C18H24N2O3S2/c1-18(2,3)15-6-4-13(5-7-15)11-24-17-20-19-16(23-17)10-14-8-9-25(21,22)12-14/h4-7,14H,8-12H2,1-3H3/t14-/m1/s1. The Balaban J connectivity index is 1.53. The van der Waals surface area contributed by atoms with Crippen molar-refractivity contribution in [1.29, 1.82) is 0 Å². The van der Waals surface area contributed by atoms with Crippen molar-refractivity contribution in [3.8, 4) is 0 Å². The zero-order valence-electron chi connectivity index (χ0n) is 14.9. The molecule has 0 aliphatic carbocycles. The van der Waals surface area contributed by atoms with Gasteiger partial charge in [-0.1, -0.05) is 56.8 Å². The predicted octanol–water partition coefficient (Wildman–Crippen LogP) is 3.64. The number of rotatable bonds is 5. The van der Waals surface area contributed by atoms with Crippen molar-refractivity contribution >= 4 is 21.6 Å². The van der Waals surface area contributed by atoms with E-state index >= 15 is 0 Å². The van der Waals surface area contributed by atoms with Crippen LogP contribution in [0.5, 0.6) is 0 Å². The summed E-state index contributed by atoms with van der Waals surface area (Å²) in [6.45, 7) is 6.60. The highest BCUT2D eigenvalue weighted by molar-refractivity contribution is 7.98. The number of nitrogens with zero attached hydrogens (tertiary/aromatic N) is 2. The Morgan fingerprint density at radius 3 is 2.52 bits per heavy atom. The summed E-state index contributed by atoms with van der Waals surface area (Å²) < 4.78 is 28.7. The SMILES string of the molecule is CC(C)(C)c1ccc(CSc2nnc(C[C@H]3CCS(=O)(=O)C3)o2)cc1. The van der Waals surface area contributed by atoms with Gasteiger partial charge < -0.3 is 4.42 Å². The molecule has 1 aromatic heterocycles. The van der Waals surface area contributed by atoms with Gasteiger partial charge in [-0.2, -0.15) is 0 Å². The summed E-state index contributed by atoms with van der Waals surface area (Å²) in [6.07, 6.45) is 1.24. The van der Waals surface area contributed by atoms with Gasteiger partial charge in [-0.25, -0.2) is 8.42 Å². The molecule has 1 fully saturated rings. The Labute approximate surface area is 153 Å². The van der Waals surface area contributed by atoms with Crippen LogP contribution in [0.25, 0.3) is 0 Å². The molecule has 0 bridgehead atoms. The Hall–Kier alpha value is -1.34. The lowest BCUT2D eigenvalue weighted by molar-refractivity contribution is 0.389. The van der Waals surface area contributed by atoms with Gasteiger partial charge in [0.2, 0.25) is 5.89 Å². The van der Waals surface area contributed by atoms with Gasteiger partial charge in [0.15, 0.2) is 9.84 Å². The molecule has 25 heavy (non-hydrogen) atoms. The van der Waals surface area contributed by atoms with Crippen LogP contribution in [0.4, 0.5) is 0 Å². The van der Waals surface area contributed by atoms with E-state index in [9.17, 15) is 8.42 Å². The molecule has 0 radical (unpaired) electrons. The zero-order chi connectivity index (χ0) is 18.1. The van der Waals surface area contributed by atoms with Crippen molar-refractivity contribution in [1.82, 2.24) is 10.2 Å². The third-order valence-electron chi connectivity index (χ3n) is 4.42. The maximum atomic E-state index is 11.5. The second-order valence-electron chi connectivity index (χ2n) is 7.67. The largest absolute Gasteiger partial charge is 0.416 e. The number of benzene rings is 1. The quantitative estimate of drug-likeness (QED) is 0.738. The number of hydrogen-bond donors (Lipinski definition) is 0. The van der Waals surface area contributed by atoms with Crippen LogP contribution in [0.1, 0.15) is 44.2 Å². The number of hydrogen-bond acceptors (Lipinski definition) is 6. The molecule has 3 rings (SSSR count). The third kappa shape index (κ3) is 5.07. The molecule has 0 unspecified atom stereocenters. The first kappa shape index (κ1) is 18.5. The Morgan fingerprint density at radius 2 is 1.92 bits per heavy atom.